The van der Waals surface area contributed by atoms with Gasteiger partial charge in [-0.2, -0.15) is 5.26 Å². The van der Waals surface area contributed by atoms with E-state index in [2.05, 4.69) is 13.0 Å². The van der Waals surface area contributed by atoms with Gasteiger partial charge in [0, 0.05) is 11.6 Å². The number of carbonyl (C=O) groups is 1. The maximum absolute atomic E-state index is 12.5. The fourth-order valence-corrected chi connectivity index (χ4v) is 4.49. The van der Waals surface area contributed by atoms with Crippen LogP contribution in [0.2, 0.25) is 0 Å². The number of esters is 1. The molecule has 0 saturated heterocycles. The van der Waals surface area contributed by atoms with Crippen molar-refractivity contribution in [3.8, 4) is 29.1 Å². The number of fused-ring (bicyclic) bond motifs is 1. The highest BCUT2D eigenvalue weighted by Gasteiger charge is 2.31. The van der Waals surface area contributed by atoms with Gasteiger partial charge in [0.15, 0.2) is 6.61 Å². The highest BCUT2D eigenvalue weighted by molar-refractivity contribution is 5.74. The van der Waals surface area contributed by atoms with Gasteiger partial charge in [0.2, 0.25) is 5.88 Å². The number of allylic oxidation sites excluding steroid dienone is 1. The third kappa shape index (κ3) is 6.09. The van der Waals surface area contributed by atoms with Crippen LogP contribution in [-0.4, -0.2) is 19.2 Å². The number of benzene rings is 3. The molecule has 3 aromatic rings. The quantitative estimate of drug-likeness (QED) is 0.200. The van der Waals surface area contributed by atoms with E-state index in [0.29, 0.717) is 29.4 Å². The minimum atomic E-state index is -0.547. The van der Waals surface area contributed by atoms with Gasteiger partial charge in [-0.05, 0) is 55.2 Å². The smallest absolute Gasteiger partial charge is 0.349 e. The lowest BCUT2D eigenvalue weighted by Gasteiger charge is -2.27. The summed E-state index contributed by atoms with van der Waals surface area (Å²) in [7, 11) is 0. The second-order valence-electron chi connectivity index (χ2n) is 9.24. The Hall–Kier alpha value is -4.44. The molecule has 0 aromatic heterocycles. The summed E-state index contributed by atoms with van der Waals surface area (Å²) in [6, 6.07) is 20.7. The van der Waals surface area contributed by atoms with Crippen LogP contribution in [0.1, 0.15) is 54.4 Å². The topological polar surface area (TPSA) is 104 Å². The Balaban J connectivity index is 1.52. The normalized spacial score (nSPS) is 14.2. The van der Waals surface area contributed by atoms with Crippen molar-refractivity contribution in [2.24, 2.45) is 5.73 Å². The molecular weight excluding hydrogens is 480 g/mol. The van der Waals surface area contributed by atoms with Gasteiger partial charge >= 0.3 is 5.97 Å². The molecule has 7 heteroatoms. The zero-order valence-corrected chi connectivity index (χ0v) is 22.0. The molecule has 0 amide bonds. The number of rotatable bonds is 10. The molecule has 7 nitrogen and oxygen atoms in total. The minimum absolute atomic E-state index is 0.0149. The van der Waals surface area contributed by atoms with Crippen LogP contribution in [0.5, 0.6) is 23.0 Å². The van der Waals surface area contributed by atoms with Gasteiger partial charge in [-0.25, -0.2) is 4.79 Å². The molecule has 0 bridgehead atoms. The van der Waals surface area contributed by atoms with Gasteiger partial charge in [-0.15, -0.1) is 0 Å². The van der Waals surface area contributed by atoms with Crippen LogP contribution in [0.25, 0.3) is 0 Å². The van der Waals surface area contributed by atoms with Crippen LogP contribution in [0.4, 0.5) is 0 Å². The summed E-state index contributed by atoms with van der Waals surface area (Å²) in [5.41, 5.74) is 9.94. The van der Waals surface area contributed by atoms with Crippen molar-refractivity contribution in [1.29, 1.82) is 5.26 Å². The van der Waals surface area contributed by atoms with E-state index in [1.165, 1.54) is 0 Å². The van der Waals surface area contributed by atoms with Gasteiger partial charge in [0.05, 0.1) is 12.5 Å². The first-order chi connectivity index (χ1) is 18.4. The highest BCUT2D eigenvalue weighted by Crippen LogP contribution is 2.44. The summed E-state index contributed by atoms with van der Waals surface area (Å²) in [5.74, 6) is 1.13. The van der Waals surface area contributed by atoms with Gasteiger partial charge in [-0.3, -0.25) is 0 Å². The number of unbranched alkanes of at least 4 members (excludes halogenated alkanes) is 2. The molecule has 1 atom stereocenters. The standard InChI is InChI=1S/C31H32N2O5/c1-4-5-6-15-35-23-12-8-11-22(16-23)29-25-14-13-24(17-27(25)38-31(33)26(29)18-32)37-28(34)19-36-30-20(2)9-7-10-21(30)3/h7-14,16-17,29H,4-6,15,19,33H2,1-3H3. The summed E-state index contributed by atoms with van der Waals surface area (Å²) < 4.78 is 22.9. The average Bonchev–Trinajstić information content (AvgIpc) is 2.90. The molecule has 0 radical (unpaired) electrons. The predicted molar refractivity (Wildman–Crippen MR) is 144 cm³/mol. The fourth-order valence-electron chi connectivity index (χ4n) is 4.49. The van der Waals surface area contributed by atoms with Crippen LogP contribution >= 0.6 is 0 Å². The third-order valence-electron chi connectivity index (χ3n) is 6.37. The Morgan fingerprint density at radius 1 is 1.00 bits per heavy atom. The first-order valence-corrected chi connectivity index (χ1v) is 12.7. The van der Waals surface area contributed by atoms with Gasteiger partial charge in [0.1, 0.15) is 34.6 Å². The first-order valence-electron chi connectivity index (χ1n) is 12.7. The van der Waals surface area contributed by atoms with E-state index >= 15 is 0 Å². The lowest BCUT2D eigenvalue weighted by atomic mass is 9.83. The highest BCUT2D eigenvalue weighted by atomic mass is 16.6. The van der Waals surface area contributed by atoms with Crippen molar-refractivity contribution in [3.63, 3.8) is 0 Å². The minimum Gasteiger partial charge on any atom is -0.494 e. The van der Waals surface area contributed by atoms with Crippen LogP contribution in [0.15, 0.2) is 72.1 Å². The summed E-state index contributed by atoms with van der Waals surface area (Å²) in [5, 5.41) is 9.87. The second-order valence-corrected chi connectivity index (χ2v) is 9.24. The van der Waals surface area contributed by atoms with Crippen LogP contribution < -0.4 is 24.7 Å². The number of para-hydroxylation sites is 1. The van der Waals surface area contributed by atoms with Crippen molar-refractivity contribution in [1.82, 2.24) is 0 Å². The van der Waals surface area contributed by atoms with E-state index in [1.54, 1.807) is 18.2 Å². The number of nitrogens with two attached hydrogens (primary N) is 1. The zero-order chi connectivity index (χ0) is 27.1. The van der Waals surface area contributed by atoms with E-state index in [-0.39, 0.29) is 12.5 Å². The largest absolute Gasteiger partial charge is 0.494 e. The van der Waals surface area contributed by atoms with Gasteiger partial charge in [0.25, 0.3) is 0 Å². The molecule has 196 valence electrons. The molecule has 0 fully saturated rings. The fraction of sp³-hybridized carbons (Fsp3) is 0.290. The molecular formula is C31H32N2O5. The lowest BCUT2D eigenvalue weighted by molar-refractivity contribution is -0.136. The van der Waals surface area contributed by atoms with Crippen molar-refractivity contribution in [2.45, 2.75) is 46.0 Å². The molecule has 0 saturated carbocycles. The van der Waals surface area contributed by atoms with Gasteiger partial charge in [-0.1, -0.05) is 56.2 Å². The molecule has 1 unspecified atom stereocenters. The van der Waals surface area contributed by atoms with E-state index in [0.717, 1.165) is 47.3 Å². The number of hydrogen-bond acceptors (Lipinski definition) is 7. The summed E-state index contributed by atoms with van der Waals surface area (Å²) in [4.78, 5) is 12.5. The monoisotopic (exact) mass is 512 g/mol. The molecule has 38 heavy (non-hydrogen) atoms. The van der Waals surface area contributed by atoms with Crippen LogP contribution in [-0.2, 0) is 4.79 Å². The number of nitrogens with zero attached hydrogens (tertiary/aromatic N) is 1. The van der Waals surface area contributed by atoms with Crippen molar-refractivity contribution >= 4 is 5.97 Å². The van der Waals surface area contributed by atoms with Gasteiger partial charge < -0.3 is 24.7 Å². The number of carbonyl (C=O) groups excluding carboxylic acids is 1. The van der Waals surface area contributed by atoms with Crippen molar-refractivity contribution in [2.75, 3.05) is 13.2 Å². The van der Waals surface area contributed by atoms with Crippen molar-refractivity contribution in [3.05, 3.63) is 94.4 Å². The molecule has 1 aliphatic rings. The number of ether oxygens (including phenoxy) is 4. The number of aryl methyl sites for hydroxylation is 2. The Labute approximate surface area is 223 Å². The summed E-state index contributed by atoms with van der Waals surface area (Å²) in [6.45, 7) is 6.39. The Morgan fingerprint density at radius 3 is 2.50 bits per heavy atom. The zero-order valence-electron chi connectivity index (χ0n) is 22.0. The Kier molecular flexibility index (Phi) is 8.55. The molecule has 2 N–H and O–H groups in total. The van der Waals surface area contributed by atoms with Crippen LogP contribution in [0.3, 0.4) is 0 Å². The Bertz CT molecular complexity index is 1370. The first kappa shape index (κ1) is 26.6. The maximum Gasteiger partial charge on any atom is 0.349 e. The third-order valence-corrected chi connectivity index (χ3v) is 6.37. The number of nitriles is 1. The van der Waals surface area contributed by atoms with Crippen LogP contribution in [0, 0.1) is 25.2 Å². The summed E-state index contributed by atoms with van der Waals surface area (Å²) in [6.07, 6.45) is 3.21. The maximum atomic E-state index is 12.5. The summed E-state index contributed by atoms with van der Waals surface area (Å²) >= 11 is 0. The molecule has 3 aromatic carbocycles. The van der Waals surface area contributed by atoms with E-state index in [9.17, 15) is 10.1 Å². The van der Waals surface area contributed by atoms with Crippen molar-refractivity contribution < 1.29 is 23.7 Å². The van der Waals surface area contributed by atoms with E-state index < -0.39 is 11.9 Å². The second kappa shape index (κ2) is 12.2. The van der Waals surface area contributed by atoms with E-state index in [4.69, 9.17) is 24.7 Å². The Morgan fingerprint density at radius 2 is 1.76 bits per heavy atom. The molecule has 4 rings (SSSR count). The lowest BCUT2D eigenvalue weighted by Crippen LogP contribution is -2.22. The molecule has 0 spiro atoms. The molecule has 1 heterocycles. The van der Waals surface area contributed by atoms with E-state index in [1.807, 2.05) is 56.3 Å². The SMILES string of the molecule is CCCCCOc1cccc(C2C(C#N)=C(N)Oc3cc(OC(=O)COc4c(C)cccc4C)ccc32)c1. The molecule has 1 aliphatic heterocycles. The predicted octanol–water partition coefficient (Wildman–Crippen LogP) is 6.08. The average molecular weight is 513 g/mol. The number of hydrogen-bond donors (Lipinski definition) is 1. The molecule has 0 aliphatic carbocycles.